The van der Waals surface area contributed by atoms with E-state index in [4.69, 9.17) is 9.47 Å². The number of fused-ring (bicyclic) bond motifs is 2. The number of ether oxygens (including phenoxy) is 2. The number of anilines is 2. The zero-order valence-electron chi connectivity index (χ0n) is 16.1. The van der Waals surface area contributed by atoms with Gasteiger partial charge in [0.1, 0.15) is 5.60 Å². The number of aromatic nitrogens is 1. The first-order valence-corrected chi connectivity index (χ1v) is 10.6. The van der Waals surface area contributed by atoms with E-state index in [9.17, 15) is 4.79 Å². The third-order valence-corrected chi connectivity index (χ3v) is 5.91. The van der Waals surface area contributed by atoms with Gasteiger partial charge in [-0.05, 0) is 61.3 Å². The number of carbonyl (C=O) groups excluding carboxylic acids is 1. The van der Waals surface area contributed by atoms with E-state index >= 15 is 0 Å². The second-order valence-corrected chi connectivity index (χ2v) is 9.83. The number of rotatable bonds is 1. The van der Waals surface area contributed by atoms with E-state index in [1.807, 2.05) is 39.8 Å². The Balaban J connectivity index is 1.65. The summed E-state index contributed by atoms with van der Waals surface area (Å²) in [6.07, 6.45) is 1.48. The van der Waals surface area contributed by atoms with Gasteiger partial charge in [-0.15, -0.1) is 0 Å². The largest absolute Gasteiger partial charge is 0.451 e. The average molecular weight is 511 g/mol. The van der Waals surface area contributed by atoms with Crippen LogP contribution in [0.1, 0.15) is 26.3 Å². The van der Waals surface area contributed by atoms with E-state index in [1.54, 1.807) is 11.1 Å². The molecule has 1 fully saturated rings. The number of amides is 1. The molecule has 2 aliphatic rings. The maximum atomic E-state index is 12.3. The molecule has 0 atom stereocenters. The maximum Gasteiger partial charge on any atom is 0.410 e. The number of nitrogens with zero attached hydrogens (tertiary/aromatic N) is 3. The van der Waals surface area contributed by atoms with Crippen molar-refractivity contribution in [2.24, 2.45) is 0 Å². The summed E-state index contributed by atoms with van der Waals surface area (Å²) in [5, 5.41) is 0. The molecule has 0 aliphatic carbocycles. The van der Waals surface area contributed by atoms with Gasteiger partial charge in [0.15, 0.2) is 17.3 Å². The van der Waals surface area contributed by atoms with Crippen LogP contribution in [0.2, 0.25) is 0 Å². The molecule has 2 aromatic rings. The van der Waals surface area contributed by atoms with Gasteiger partial charge in [0.25, 0.3) is 0 Å². The fourth-order valence-electron chi connectivity index (χ4n) is 3.28. The minimum absolute atomic E-state index is 0.100. The normalized spacial score (nSPS) is 16.1. The fraction of sp³-hybridized carbons (Fsp3) is 0.400. The second kappa shape index (κ2) is 6.91. The molecule has 1 amide bonds. The maximum absolute atomic E-state index is 12.3. The predicted octanol–water partition coefficient (Wildman–Crippen LogP) is 5.78. The molecule has 0 unspecified atom stereocenters. The lowest BCUT2D eigenvalue weighted by atomic mass is 10.0. The molecule has 4 rings (SSSR count). The third kappa shape index (κ3) is 3.59. The van der Waals surface area contributed by atoms with Crippen molar-refractivity contribution in [2.45, 2.75) is 39.3 Å². The van der Waals surface area contributed by atoms with Crippen LogP contribution in [0.4, 0.5) is 16.3 Å². The Hall–Kier alpha value is -1.80. The first kappa shape index (κ1) is 19.5. The fourth-order valence-corrected chi connectivity index (χ4v) is 3.92. The Bertz CT molecular complexity index is 952. The highest BCUT2D eigenvalue weighted by Gasteiger charge is 2.41. The second-order valence-electron chi connectivity index (χ2n) is 8.06. The Morgan fingerprint density at radius 2 is 1.93 bits per heavy atom. The topological polar surface area (TPSA) is 54.9 Å². The van der Waals surface area contributed by atoms with E-state index < -0.39 is 5.60 Å². The summed E-state index contributed by atoms with van der Waals surface area (Å²) in [5.74, 6) is 2.21. The van der Waals surface area contributed by atoms with Gasteiger partial charge < -0.3 is 19.3 Å². The van der Waals surface area contributed by atoms with Crippen LogP contribution in [0, 0.1) is 6.92 Å². The molecule has 0 N–H and O–H groups in total. The molecule has 148 valence electrons. The van der Waals surface area contributed by atoms with Gasteiger partial charge in [0, 0.05) is 34.3 Å². The van der Waals surface area contributed by atoms with E-state index in [1.165, 1.54) is 0 Å². The lowest BCUT2D eigenvalue weighted by Gasteiger charge is -2.47. The molecule has 3 heterocycles. The van der Waals surface area contributed by atoms with Gasteiger partial charge >= 0.3 is 6.09 Å². The first-order chi connectivity index (χ1) is 13.1. The van der Waals surface area contributed by atoms with Crippen LogP contribution >= 0.6 is 31.9 Å². The van der Waals surface area contributed by atoms with Crippen LogP contribution in [0.25, 0.3) is 0 Å². The Kier molecular flexibility index (Phi) is 4.82. The monoisotopic (exact) mass is 509 g/mol. The standard InChI is InChI=1S/C20H21Br2N3O3/c1-11-5-15-16(7-14(11)22)27-17-6-12(21)8-23-18(17)25(15)13-9-24(10-13)19(26)28-20(2,3)4/h5-8,13H,9-10H2,1-4H3. The van der Waals surface area contributed by atoms with Gasteiger partial charge in [-0.1, -0.05) is 15.9 Å². The number of benzene rings is 1. The number of aryl methyl sites for hydroxylation is 1. The SMILES string of the molecule is Cc1cc2c(cc1Br)Oc1cc(Br)cnc1N2C1CN(C(=O)OC(C)(C)C)C1. The molecule has 2 aliphatic heterocycles. The number of hydrogen-bond donors (Lipinski definition) is 0. The predicted molar refractivity (Wildman–Crippen MR) is 115 cm³/mol. The lowest BCUT2D eigenvalue weighted by Crippen LogP contribution is -2.61. The molecule has 6 nitrogen and oxygen atoms in total. The molecule has 0 spiro atoms. The average Bonchev–Trinajstić information content (AvgIpc) is 2.52. The molecular formula is C20H21Br2N3O3. The minimum Gasteiger partial charge on any atom is -0.451 e. The summed E-state index contributed by atoms with van der Waals surface area (Å²) < 4.78 is 13.4. The van der Waals surface area contributed by atoms with Gasteiger partial charge in [-0.25, -0.2) is 9.78 Å². The third-order valence-electron chi connectivity index (χ3n) is 4.63. The number of halogens is 2. The lowest BCUT2D eigenvalue weighted by molar-refractivity contribution is 0.00878. The Labute approximate surface area is 181 Å². The van der Waals surface area contributed by atoms with Crippen LogP contribution in [0.3, 0.4) is 0 Å². The Morgan fingerprint density at radius 3 is 2.61 bits per heavy atom. The molecular weight excluding hydrogens is 490 g/mol. The van der Waals surface area contributed by atoms with Crippen LogP contribution in [0.5, 0.6) is 11.5 Å². The molecule has 8 heteroatoms. The van der Waals surface area contributed by atoms with Gasteiger partial charge in [0.2, 0.25) is 0 Å². The highest BCUT2D eigenvalue weighted by Crippen LogP contribution is 2.49. The summed E-state index contributed by atoms with van der Waals surface area (Å²) in [6, 6.07) is 6.08. The van der Waals surface area contributed by atoms with Crippen LogP contribution in [-0.2, 0) is 4.74 Å². The van der Waals surface area contributed by atoms with E-state index in [-0.39, 0.29) is 12.1 Å². The number of carbonyl (C=O) groups is 1. The molecule has 1 aromatic carbocycles. The van der Waals surface area contributed by atoms with E-state index in [0.717, 1.165) is 31.8 Å². The zero-order chi connectivity index (χ0) is 20.2. The highest BCUT2D eigenvalue weighted by atomic mass is 79.9. The van der Waals surface area contributed by atoms with E-state index in [2.05, 4.69) is 47.8 Å². The van der Waals surface area contributed by atoms with Crippen LogP contribution in [0.15, 0.2) is 33.3 Å². The smallest absolute Gasteiger partial charge is 0.410 e. The van der Waals surface area contributed by atoms with Crippen molar-refractivity contribution < 1.29 is 14.3 Å². The van der Waals surface area contributed by atoms with Gasteiger partial charge in [-0.3, -0.25) is 0 Å². The molecule has 1 saturated heterocycles. The summed E-state index contributed by atoms with van der Waals surface area (Å²) in [7, 11) is 0. The number of hydrogen-bond acceptors (Lipinski definition) is 5. The minimum atomic E-state index is -0.502. The van der Waals surface area contributed by atoms with Crippen molar-refractivity contribution in [3.05, 3.63) is 38.9 Å². The van der Waals surface area contributed by atoms with E-state index in [0.29, 0.717) is 18.8 Å². The van der Waals surface area contributed by atoms with Crippen LogP contribution < -0.4 is 9.64 Å². The van der Waals surface area contributed by atoms with Crippen molar-refractivity contribution in [2.75, 3.05) is 18.0 Å². The summed E-state index contributed by atoms with van der Waals surface area (Å²) >= 11 is 7.04. The summed E-state index contributed by atoms with van der Waals surface area (Å²) in [4.78, 5) is 20.8. The van der Waals surface area contributed by atoms with Crippen molar-refractivity contribution in [1.29, 1.82) is 0 Å². The first-order valence-electron chi connectivity index (χ1n) is 9.03. The molecule has 0 radical (unpaired) electrons. The Morgan fingerprint density at radius 1 is 1.21 bits per heavy atom. The van der Waals surface area contributed by atoms with Gasteiger partial charge in [-0.2, -0.15) is 0 Å². The summed E-state index contributed by atoms with van der Waals surface area (Å²) in [5.41, 5.74) is 1.56. The zero-order valence-corrected chi connectivity index (χ0v) is 19.3. The van der Waals surface area contributed by atoms with Crippen molar-refractivity contribution in [1.82, 2.24) is 9.88 Å². The molecule has 0 saturated carbocycles. The summed E-state index contributed by atoms with van der Waals surface area (Å²) in [6.45, 7) is 8.80. The van der Waals surface area contributed by atoms with Gasteiger partial charge in [0.05, 0.1) is 11.7 Å². The van der Waals surface area contributed by atoms with Crippen LogP contribution in [-0.4, -0.2) is 40.7 Å². The van der Waals surface area contributed by atoms with Crippen molar-refractivity contribution >= 4 is 49.5 Å². The van der Waals surface area contributed by atoms with Crippen molar-refractivity contribution in [3.8, 4) is 11.5 Å². The quantitative estimate of drug-likeness (QED) is 0.486. The number of likely N-dealkylation sites (tertiary alicyclic amines) is 1. The molecule has 1 aromatic heterocycles. The molecule has 0 bridgehead atoms. The van der Waals surface area contributed by atoms with Crippen molar-refractivity contribution in [3.63, 3.8) is 0 Å². The highest BCUT2D eigenvalue weighted by molar-refractivity contribution is 9.10. The number of pyridine rings is 1. The molecule has 28 heavy (non-hydrogen) atoms.